The lowest BCUT2D eigenvalue weighted by Gasteiger charge is -2.21. The number of thioether (sulfide) groups is 1. The molecule has 0 saturated carbocycles. The van der Waals surface area contributed by atoms with Gasteiger partial charge in [-0.2, -0.15) is 0 Å². The lowest BCUT2D eigenvalue weighted by atomic mass is 10.1. The van der Waals surface area contributed by atoms with Crippen molar-refractivity contribution in [3.05, 3.63) is 53.1 Å². The normalized spacial score (nSPS) is 13.9. The molecule has 1 atom stereocenters. The Kier molecular flexibility index (Phi) is 6.69. The molecule has 2 aromatic rings. The minimum atomic E-state index is -0.0674. The van der Waals surface area contributed by atoms with Crippen LogP contribution in [0.15, 0.2) is 47.4 Å². The van der Waals surface area contributed by atoms with Crippen LogP contribution in [0.4, 0.5) is 0 Å². The Balaban J connectivity index is 1.42. The predicted molar refractivity (Wildman–Crippen MR) is 105 cm³/mol. The van der Waals surface area contributed by atoms with Gasteiger partial charge in [0.1, 0.15) is 13.2 Å². The maximum Gasteiger partial charge on any atom is 0.220 e. The number of amides is 1. The molecular formula is C20H22ClNO3S. The Morgan fingerprint density at radius 2 is 1.88 bits per heavy atom. The summed E-state index contributed by atoms with van der Waals surface area (Å²) in [4.78, 5) is 13.3. The van der Waals surface area contributed by atoms with E-state index in [1.54, 1.807) is 11.8 Å². The lowest BCUT2D eigenvalue weighted by molar-refractivity contribution is -0.121. The van der Waals surface area contributed by atoms with Crippen LogP contribution < -0.4 is 14.8 Å². The number of benzene rings is 2. The van der Waals surface area contributed by atoms with Gasteiger partial charge in [-0.05, 0) is 61.1 Å². The maximum absolute atomic E-state index is 12.2. The van der Waals surface area contributed by atoms with Gasteiger partial charge in [-0.25, -0.2) is 0 Å². The second kappa shape index (κ2) is 9.19. The molecule has 1 aliphatic heterocycles. The van der Waals surface area contributed by atoms with E-state index in [-0.39, 0.29) is 11.9 Å². The summed E-state index contributed by atoms with van der Waals surface area (Å²) in [5, 5.41) is 3.78. The Labute approximate surface area is 163 Å². The summed E-state index contributed by atoms with van der Waals surface area (Å²) in [6.45, 7) is 3.11. The molecule has 1 aliphatic rings. The first-order chi connectivity index (χ1) is 12.6. The Hall–Kier alpha value is -1.85. The number of ether oxygens (including phenoxy) is 2. The van der Waals surface area contributed by atoms with Crippen molar-refractivity contribution < 1.29 is 14.3 Å². The van der Waals surface area contributed by atoms with Crippen LogP contribution in [0.5, 0.6) is 11.5 Å². The van der Waals surface area contributed by atoms with Gasteiger partial charge >= 0.3 is 0 Å². The molecule has 2 aromatic carbocycles. The molecule has 0 unspecified atom stereocenters. The third-order valence-corrected chi connectivity index (χ3v) is 5.42. The van der Waals surface area contributed by atoms with Crippen molar-refractivity contribution in [2.75, 3.05) is 19.0 Å². The summed E-state index contributed by atoms with van der Waals surface area (Å²) in [6, 6.07) is 13.5. The first kappa shape index (κ1) is 18.9. The highest BCUT2D eigenvalue weighted by molar-refractivity contribution is 7.99. The maximum atomic E-state index is 12.2. The van der Waals surface area contributed by atoms with Crippen LogP contribution in [0.25, 0.3) is 0 Å². The Morgan fingerprint density at radius 1 is 1.15 bits per heavy atom. The van der Waals surface area contributed by atoms with E-state index in [9.17, 15) is 4.79 Å². The largest absolute Gasteiger partial charge is 0.486 e. The molecule has 26 heavy (non-hydrogen) atoms. The van der Waals surface area contributed by atoms with Gasteiger partial charge in [0.25, 0.3) is 0 Å². The Morgan fingerprint density at radius 3 is 2.65 bits per heavy atom. The van der Waals surface area contributed by atoms with Gasteiger partial charge in [0.05, 0.1) is 6.04 Å². The molecule has 1 heterocycles. The van der Waals surface area contributed by atoms with E-state index in [0.29, 0.717) is 19.6 Å². The molecule has 6 heteroatoms. The highest BCUT2D eigenvalue weighted by Crippen LogP contribution is 2.32. The topological polar surface area (TPSA) is 47.6 Å². The van der Waals surface area contributed by atoms with Gasteiger partial charge in [-0.1, -0.05) is 17.7 Å². The highest BCUT2D eigenvalue weighted by Gasteiger charge is 2.15. The number of fused-ring (bicyclic) bond motifs is 1. The van der Waals surface area contributed by atoms with E-state index in [1.165, 1.54) is 4.90 Å². The summed E-state index contributed by atoms with van der Waals surface area (Å²) < 4.78 is 11.1. The van der Waals surface area contributed by atoms with E-state index in [4.69, 9.17) is 21.1 Å². The first-order valence-electron chi connectivity index (χ1n) is 8.69. The first-order valence-corrected chi connectivity index (χ1v) is 10.1. The average molecular weight is 392 g/mol. The molecule has 0 aliphatic carbocycles. The quantitative estimate of drug-likeness (QED) is 0.540. The monoisotopic (exact) mass is 391 g/mol. The molecule has 0 radical (unpaired) electrons. The zero-order valence-electron chi connectivity index (χ0n) is 14.7. The van der Waals surface area contributed by atoms with Crippen LogP contribution in [0, 0.1) is 0 Å². The fourth-order valence-electron chi connectivity index (χ4n) is 2.68. The molecule has 4 nitrogen and oxygen atoms in total. The standard InChI is InChI=1S/C20H22ClNO3S/c1-14(15-4-9-18-19(13-15)25-11-10-24-18)22-20(23)3-2-12-26-17-7-5-16(21)6-8-17/h4-9,13-14H,2-3,10-12H2,1H3,(H,22,23)/t14-/m0/s1. The Bertz CT molecular complexity index is 751. The number of hydrogen-bond donors (Lipinski definition) is 1. The van der Waals surface area contributed by atoms with Gasteiger partial charge in [0.2, 0.25) is 5.91 Å². The summed E-state index contributed by atoms with van der Waals surface area (Å²) in [7, 11) is 0. The van der Waals surface area contributed by atoms with Gasteiger partial charge in [0.15, 0.2) is 11.5 Å². The molecule has 0 fully saturated rings. The number of halogens is 1. The van der Waals surface area contributed by atoms with Crippen LogP contribution in [0.1, 0.15) is 31.4 Å². The molecule has 0 saturated heterocycles. The summed E-state index contributed by atoms with van der Waals surface area (Å²) in [5.74, 6) is 2.46. The summed E-state index contributed by atoms with van der Waals surface area (Å²) in [6.07, 6.45) is 1.34. The third-order valence-electron chi connectivity index (χ3n) is 4.07. The zero-order chi connectivity index (χ0) is 18.4. The molecule has 138 valence electrons. The molecule has 0 aromatic heterocycles. The molecule has 0 spiro atoms. The summed E-state index contributed by atoms with van der Waals surface area (Å²) >= 11 is 7.61. The van der Waals surface area contributed by atoms with E-state index in [0.717, 1.165) is 34.3 Å². The minimum Gasteiger partial charge on any atom is -0.486 e. The van der Waals surface area contributed by atoms with Crippen molar-refractivity contribution in [3.63, 3.8) is 0 Å². The van der Waals surface area contributed by atoms with E-state index >= 15 is 0 Å². The fourth-order valence-corrected chi connectivity index (χ4v) is 3.66. The van der Waals surface area contributed by atoms with Crippen molar-refractivity contribution in [2.24, 2.45) is 0 Å². The predicted octanol–water partition coefficient (Wildman–Crippen LogP) is 4.86. The molecule has 0 bridgehead atoms. The van der Waals surface area contributed by atoms with E-state index in [2.05, 4.69) is 5.32 Å². The SMILES string of the molecule is C[C@H](NC(=O)CCCSc1ccc(Cl)cc1)c1ccc2c(c1)OCCO2. The summed E-state index contributed by atoms with van der Waals surface area (Å²) in [5.41, 5.74) is 1.01. The minimum absolute atomic E-state index is 0.0593. The number of nitrogens with one attached hydrogen (secondary N) is 1. The second-order valence-electron chi connectivity index (χ2n) is 6.10. The average Bonchev–Trinajstić information content (AvgIpc) is 2.66. The number of carbonyl (C=O) groups excluding carboxylic acids is 1. The van der Waals surface area contributed by atoms with Gasteiger partial charge in [0, 0.05) is 16.3 Å². The van der Waals surface area contributed by atoms with Crippen molar-refractivity contribution in [1.82, 2.24) is 5.32 Å². The van der Waals surface area contributed by atoms with Gasteiger partial charge in [-0.15, -0.1) is 11.8 Å². The van der Waals surface area contributed by atoms with E-state index in [1.807, 2.05) is 49.4 Å². The molecule has 1 amide bonds. The smallest absolute Gasteiger partial charge is 0.220 e. The van der Waals surface area contributed by atoms with Crippen LogP contribution in [0.2, 0.25) is 5.02 Å². The number of carbonyl (C=O) groups is 1. The van der Waals surface area contributed by atoms with E-state index < -0.39 is 0 Å². The van der Waals surface area contributed by atoms with Gasteiger partial charge < -0.3 is 14.8 Å². The fraction of sp³-hybridized carbons (Fsp3) is 0.350. The zero-order valence-corrected chi connectivity index (χ0v) is 16.2. The number of hydrogen-bond acceptors (Lipinski definition) is 4. The third kappa shape index (κ3) is 5.32. The van der Waals surface area contributed by atoms with Crippen molar-refractivity contribution in [2.45, 2.75) is 30.7 Å². The molecule has 3 rings (SSSR count). The van der Waals surface area contributed by atoms with Crippen molar-refractivity contribution in [1.29, 1.82) is 0 Å². The van der Waals surface area contributed by atoms with Crippen molar-refractivity contribution in [3.8, 4) is 11.5 Å². The number of rotatable bonds is 7. The van der Waals surface area contributed by atoms with Crippen LogP contribution in [-0.2, 0) is 4.79 Å². The molecule has 1 N–H and O–H groups in total. The van der Waals surface area contributed by atoms with Crippen LogP contribution in [-0.4, -0.2) is 24.9 Å². The van der Waals surface area contributed by atoms with Crippen molar-refractivity contribution >= 4 is 29.3 Å². The van der Waals surface area contributed by atoms with Gasteiger partial charge in [-0.3, -0.25) is 4.79 Å². The van der Waals surface area contributed by atoms with Crippen LogP contribution in [0.3, 0.4) is 0 Å². The second-order valence-corrected chi connectivity index (χ2v) is 7.70. The lowest BCUT2D eigenvalue weighted by Crippen LogP contribution is -2.26. The highest BCUT2D eigenvalue weighted by atomic mass is 35.5. The van der Waals surface area contributed by atoms with Crippen LogP contribution >= 0.6 is 23.4 Å². The molecular weight excluding hydrogens is 370 g/mol.